The molecule has 0 aliphatic heterocycles. The van der Waals surface area contributed by atoms with Crippen molar-refractivity contribution in [3.63, 3.8) is 0 Å². The van der Waals surface area contributed by atoms with E-state index in [9.17, 15) is 0 Å². The normalized spacial score (nSPS) is 11.8. The minimum absolute atomic E-state index is 1.10. The number of unbranched alkanes of at least 4 members (excludes halogenated alkanes) is 4. The van der Waals surface area contributed by atoms with Crippen LogP contribution in [0.1, 0.15) is 45.4 Å². The molecule has 0 saturated heterocycles. The van der Waals surface area contributed by atoms with Gasteiger partial charge in [0.1, 0.15) is 0 Å². The van der Waals surface area contributed by atoms with E-state index in [2.05, 4.69) is 47.2 Å². The summed E-state index contributed by atoms with van der Waals surface area (Å²) in [6.45, 7) is 2.06. The molecular formula is C12H21Br. The highest BCUT2D eigenvalue weighted by Gasteiger charge is 1.86. The van der Waals surface area contributed by atoms with E-state index in [1.165, 1.54) is 32.1 Å². The average molecular weight is 245 g/mol. The Hall–Kier alpha value is -0.0400. The van der Waals surface area contributed by atoms with Gasteiger partial charge in [-0.1, -0.05) is 53.1 Å². The lowest BCUT2D eigenvalue weighted by Gasteiger charge is -1.95. The Morgan fingerprint density at radius 3 is 2.38 bits per heavy atom. The molecule has 0 atom stereocenters. The minimum atomic E-state index is 1.10. The zero-order valence-electron chi connectivity index (χ0n) is 8.64. The lowest BCUT2D eigenvalue weighted by molar-refractivity contribution is 0.679. The van der Waals surface area contributed by atoms with Gasteiger partial charge in [-0.25, -0.2) is 0 Å². The second kappa shape index (κ2) is 12.0. The molecule has 0 N–H and O–H groups in total. The van der Waals surface area contributed by atoms with Crippen molar-refractivity contribution < 1.29 is 0 Å². The fourth-order valence-electron chi connectivity index (χ4n) is 1.14. The predicted molar refractivity (Wildman–Crippen MR) is 65.5 cm³/mol. The van der Waals surface area contributed by atoms with Crippen molar-refractivity contribution in [2.75, 3.05) is 5.33 Å². The van der Waals surface area contributed by atoms with Gasteiger partial charge in [-0.3, -0.25) is 0 Å². The van der Waals surface area contributed by atoms with E-state index in [-0.39, 0.29) is 0 Å². The third-order valence-electron chi connectivity index (χ3n) is 1.93. The van der Waals surface area contributed by atoms with Crippen LogP contribution in [0.3, 0.4) is 0 Å². The van der Waals surface area contributed by atoms with Gasteiger partial charge in [-0.05, 0) is 32.6 Å². The van der Waals surface area contributed by atoms with Crippen LogP contribution in [-0.2, 0) is 0 Å². The molecule has 0 radical (unpaired) electrons. The summed E-state index contributed by atoms with van der Waals surface area (Å²) < 4.78 is 0. The van der Waals surface area contributed by atoms with Crippen molar-refractivity contribution >= 4 is 15.9 Å². The molecule has 0 rings (SSSR count). The summed E-state index contributed by atoms with van der Waals surface area (Å²) in [5, 5.41) is 1.16. The third-order valence-corrected chi connectivity index (χ3v) is 2.49. The maximum atomic E-state index is 3.44. The third kappa shape index (κ3) is 12.0. The molecule has 1 heteroatoms. The Kier molecular flexibility index (Phi) is 11.9. The SMILES string of the molecule is C/C=C/C/C=C\CCCCCCBr. The van der Waals surface area contributed by atoms with Crippen LogP contribution in [0.15, 0.2) is 24.3 Å². The van der Waals surface area contributed by atoms with Gasteiger partial charge in [-0.2, -0.15) is 0 Å². The van der Waals surface area contributed by atoms with E-state index in [1.807, 2.05) is 0 Å². The lowest BCUT2D eigenvalue weighted by atomic mass is 10.1. The van der Waals surface area contributed by atoms with Crippen LogP contribution in [-0.4, -0.2) is 5.33 Å². The zero-order valence-corrected chi connectivity index (χ0v) is 10.2. The van der Waals surface area contributed by atoms with Gasteiger partial charge in [0.05, 0.1) is 0 Å². The van der Waals surface area contributed by atoms with Gasteiger partial charge < -0.3 is 0 Å². The summed E-state index contributed by atoms with van der Waals surface area (Å²) in [7, 11) is 0. The van der Waals surface area contributed by atoms with Gasteiger partial charge >= 0.3 is 0 Å². The van der Waals surface area contributed by atoms with E-state index in [1.54, 1.807) is 0 Å². The van der Waals surface area contributed by atoms with Gasteiger partial charge in [0.25, 0.3) is 0 Å². The molecule has 0 aromatic carbocycles. The minimum Gasteiger partial charge on any atom is -0.0928 e. The number of rotatable bonds is 8. The average Bonchev–Trinajstić information content (AvgIpc) is 2.16. The van der Waals surface area contributed by atoms with Crippen LogP contribution in [0.2, 0.25) is 0 Å². The molecular weight excluding hydrogens is 224 g/mol. The van der Waals surface area contributed by atoms with E-state index in [0.717, 1.165) is 11.8 Å². The van der Waals surface area contributed by atoms with Crippen LogP contribution >= 0.6 is 15.9 Å². The zero-order chi connectivity index (χ0) is 9.78. The molecule has 0 bridgehead atoms. The molecule has 0 aliphatic rings. The first-order valence-electron chi connectivity index (χ1n) is 5.24. The Morgan fingerprint density at radius 2 is 1.69 bits per heavy atom. The quantitative estimate of drug-likeness (QED) is 0.325. The first-order valence-corrected chi connectivity index (χ1v) is 6.36. The summed E-state index contributed by atoms with van der Waals surface area (Å²) in [5.74, 6) is 0. The predicted octanol–water partition coefficient (Wildman–Crippen LogP) is 4.85. The van der Waals surface area contributed by atoms with Crippen molar-refractivity contribution in [1.82, 2.24) is 0 Å². The van der Waals surface area contributed by atoms with Crippen LogP contribution in [0.4, 0.5) is 0 Å². The smallest absolute Gasteiger partial charge is 0.00313 e. The van der Waals surface area contributed by atoms with Gasteiger partial charge in [0.2, 0.25) is 0 Å². The fraction of sp³-hybridized carbons (Fsp3) is 0.667. The summed E-state index contributed by atoms with van der Waals surface area (Å²) in [6.07, 6.45) is 16.6. The highest BCUT2D eigenvalue weighted by atomic mass is 79.9. The van der Waals surface area contributed by atoms with Gasteiger partial charge in [0.15, 0.2) is 0 Å². The van der Waals surface area contributed by atoms with Crippen LogP contribution in [0, 0.1) is 0 Å². The maximum absolute atomic E-state index is 3.44. The summed E-state index contributed by atoms with van der Waals surface area (Å²) in [5.41, 5.74) is 0. The monoisotopic (exact) mass is 244 g/mol. The molecule has 0 nitrogen and oxygen atoms in total. The van der Waals surface area contributed by atoms with Crippen molar-refractivity contribution in [1.29, 1.82) is 0 Å². The number of alkyl halides is 1. The van der Waals surface area contributed by atoms with Crippen molar-refractivity contribution in [3.8, 4) is 0 Å². The summed E-state index contributed by atoms with van der Waals surface area (Å²) in [4.78, 5) is 0. The Bertz CT molecular complexity index is 136. The number of hydrogen-bond donors (Lipinski definition) is 0. The van der Waals surface area contributed by atoms with Crippen molar-refractivity contribution in [3.05, 3.63) is 24.3 Å². The fourth-order valence-corrected chi connectivity index (χ4v) is 1.54. The van der Waals surface area contributed by atoms with Gasteiger partial charge in [0, 0.05) is 5.33 Å². The standard InChI is InChI=1S/C12H21Br/c1-2-3-4-5-6-7-8-9-10-11-12-13/h2-3,5-6H,4,7-12H2,1H3/b3-2+,6-5-. The van der Waals surface area contributed by atoms with Crippen LogP contribution in [0.25, 0.3) is 0 Å². The van der Waals surface area contributed by atoms with E-state index in [0.29, 0.717) is 0 Å². The number of hydrogen-bond acceptors (Lipinski definition) is 0. The number of halogens is 1. The van der Waals surface area contributed by atoms with E-state index < -0.39 is 0 Å². The Morgan fingerprint density at radius 1 is 0.923 bits per heavy atom. The molecule has 0 saturated carbocycles. The Balaban J connectivity index is 3.02. The summed E-state index contributed by atoms with van der Waals surface area (Å²) in [6, 6.07) is 0. The first-order chi connectivity index (χ1) is 6.41. The van der Waals surface area contributed by atoms with Crippen molar-refractivity contribution in [2.45, 2.75) is 45.4 Å². The molecule has 76 valence electrons. The number of allylic oxidation sites excluding steroid dienone is 4. The van der Waals surface area contributed by atoms with E-state index >= 15 is 0 Å². The highest BCUT2D eigenvalue weighted by Crippen LogP contribution is 2.05. The molecule has 0 aromatic heterocycles. The topological polar surface area (TPSA) is 0 Å². The molecule has 0 heterocycles. The van der Waals surface area contributed by atoms with Crippen LogP contribution < -0.4 is 0 Å². The van der Waals surface area contributed by atoms with E-state index in [4.69, 9.17) is 0 Å². The molecule has 0 fully saturated rings. The highest BCUT2D eigenvalue weighted by molar-refractivity contribution is 9.09. The maximum Gasteiger partial charge on any atom is 0.00313 e. The Labute approximate surface area is 91.2 Å². The second-order valence-electron chi connectivity index (χ2n) is 3.17. The molecule has 0 unspecified atom stereocenters. The van der Waals surface area contributed by atoms with Crippen LogP contribution in [0.5, 0.6) is 0 Å². The van der Waals surface area contributed by atoms with Gasteiger partial charge in [-0.15, -0.1) is 0 Å². The first kappa shape index (κ1) is 13.0. The molecule has 0 aromatic rings. The lowest BCUT2D eigenvalue weighted by Crippen LogP contribution is -1.77. The molecule has 0 amide bonds. The molecule has 0 spiro atoms. The molecule has 13 heavy (non-hydrogen) atoms. The largest absolute Gasteiger partial charge is 0.0928 e. The second-order valence-corrected chi connectivity index (χ2v) is 3.96. The summed E-state index contributed by atoms with van der Waals surface area (Å²) >= 11 is 3.44. The van der Waals surface area contributed by atoms with Crippen molar-refractivity contribution in [2.24, 2.45) is 0 Å². The molecule has 0 aliphatic carbocycles.